The van der Waals surface area contributed by atoms with Crippen molar-refractivity contribution in [2.75, 3.05) is 12.0 Å². The van der Waals surface area contributed by atoms with E-state index in [1.807, 2.05) is 0 Å². The van der Waals surface area contributed by atoms with Gasteiger partial charge in [-0.1, -0.05) is 31.7 Å². The van der Waals surface area contributed by atoms with Crippen LogP contribution in [0.15, 0.2) is 44.8 Å². The topological polar surface area (TPSA) is 71.9 Å². The Balaban J connectivity index is 2.26. The van der Waals surface area contributed by atoms with Crippen LogP contribution in [0.2, 0.25) is 5.02 Å². The highest BCUT2D eigenvalue weighted by Gasteiger charge is 2.34. The molecule has 0 aliphatic rings. The molecule has 0 saturated heterocycles. The maximum atomic E-state index is 13.4. The van der Waals surface area contributed by atoms with Crippen molar-refractivity contribution >= 4 is 48.4 Å². The van der Waals surface area contributed by atoms with Gasteiger partial charge in [-0.15, -0.1) is 0 Å². The fourth-order valence-corrected chi connectivity index (χ4v) is 5.29. The zero-order valence-electron chi connectivity index (χ0n) is 16.5. The number of hydrogen-bond acceptors (Lipinski definition) is 3. The van der Waals surface area contributed by atoms with E-state index in [0.717, 1.165) is 16.7 Å². The molecule has 0 amide bonds. The molecule has 1 N–H and O–H groups in total. The number of rotatable bonds is 5. The van der Waals surface area contributed by atoms with Gasteiger partial charge in [0, 0.05) is 15.9 Å². The van der Waals surface area contributed by atoms with Crippen LogP contribution in [-0.4, -0.2) is 21.6 Å². The number of aromatic amines is 1. The first kappa shape index (κ1) is 23.7. The van der Waals surface area contributed by atoms with E-state index in [4.69, 9.17) is 11.6 Å². The molecule has 31 heavy (non-hydrogen) atoms. The molecule has 0 radical (unpaired) electrons. The third-order valence-electron chi connectivity index (χ3n) is 5.02. The van der Waals surface area contributed by atoms with E-state index < -0.39 is 32.9 Å². The lowest BCUT2D eigenvalue weighted by atomic mass is 10.1. The van der Waals surface area contributed by atoms with Crippen LogP contribution in [0.25, 0.3) is 10.9 Å². The van der Waals surface area contributed by atoms with Gasteiger partial charge in [0.2, 0.25) is 0 Å². The van der Waals surface area contributed by atoms with Crippen LogP contribution in [0.5, 0.6) is 0 Å². The molecule has 1 aromatic heterocycles. The highest BCUT2D eigenvalue weighted by Crippen LogP contribution is 2.34. The number of H-pyrrole nitrogens is 1. The second-order valence-corrected chi connectivity index (χ2v) is 11.1. The van der Waals surface area contributed by atoms with Crippen molar-refractivity contribution in [1.82, 2.24) is 9.55 Å². The Labute approximate surface area is 189 Å². The van der Waals surface area contributed by atoms with Crippen LogP contribution in [-0.2, 0) is 32.2 Å². The highest BCUT2D eigenvalue weighted by atomic mass is 79.9. The van der Waals surface area contributed by atoms with E-state index in [0.29, 0.717) is 21.2 Å². The lowest BCUT2D eigenvalue weighted by Crippen LogP contribution is -2.36. The van der Waals surface area contributed by atoms with Gasteiger partial charge in [0.25, 0.3) is 5.56 Å². The van der Waals surface area contributed by atoms with Gasteiger partial charge in [0.15, 0.2) is 4.90 Å². The highest BCUT2D eigenvalue weighted by molar-refractivity contribution is 9.08. The summed E-state index contributed by atoms with van der Waals surface area (Å²) in [6, 6.07) is 6.52. The van der Waals surface area contributed by atoms with Crippen molar-refractivity contribution < 1.29 is 17.4 Å². The number of benzene rings is 2. The second kappa shape index (κ2) is 8.55. The standard InChI is InChI=1S/C20H17BrClF3N2O3S/c1-3-31(2,30)17-5-4-13(22)6-12(17)10-27-18(28)14-8-15(20(23,24)25)11(9-21)7-16(14)26-19(27)29/h4-8H,3,9-10H2,1-2H3/p+1. The first-order chi connectivity index (χ1) is 14.4. The Morgan fingerprint density at radius 3 is 2.42 bits per heavy atom. The van der Waals surface area contributed by atoms with E-state index in [1.54, 1.807) is 25.3 Å². The van der Waals surface area contributed by atoms with Crippen LogP contribution in [0.3, 0.4) is 0 Å². The maximum Gasteiger partial charge on any atom is 0.416 e. The molecule has 5 nitrogen and oxygen atoms in total. The van der Waals surface area contributed by atoms with Crippen LogP contribution in [0.4, 0.5) is 13.2 Å². The van der Waals surface area contributed by atoms with Gasteiger partial charge >= 0.3 is 11.9 Å². The molecule has 0 bridgehead atoms. The number of alkyl halides is 4. The molecule has 0 aliphatic carbocycles. The molecule has 1 heterocycles. The number of nitrogens with one attached hydrogen (secondary N) is 1. The molecule has 166 valence electrons. The lowest BCUT2D eigenvalue weighted by Gasteiger charge is -2.14. The molecule has 1 atom stereocenters. The average molecular weight is 539 g/mol. The Bertz CT molecular complexity index is 1330. The zero-order chi connectivity index (χ0) is 23.1. The molecule has 1 unspecified atom stereocenters. The molecule has 0 saturated carbocycles. The van der Waals surface area contributed by atoms with Crippen molar-refractivity contribution in [2.45, 2.75) is 29.9 Å². The molecule has 2 aromatic carbocycles. The minimum absolute atomic E-state index is 0.00728. The van der Waals surface area contributed by atoms with E-state index in [-0.39, 0.29) is 28.3 Å². The fourth-order valence-electron chi connectivity index (χ4n) is 3.28. The smallest absolute Gasteiger partial charge is 0.307 e. The predicted molar refractivity (Wildman–Crippen MR) is 120 cm³/mol. The number of fused-ring (bicyclic) bond motifs is 1. The molecule has 0 aliphatic heterocycles. The summed E-state index contributed by atoms with van der Waals surface area (Å²) in [5, 5.41) is -0.0547. The Hall–Kier alpha value is -1.91. The first-order valence-corrected chi connectivity index (χ1v) is 12.7. The first-order valence-electron chi connectivity index (χ1n) is 9.07. The van der Waals surface area contributed by atoms with E-state index in [1.165, 1.54) is 6.07 Å². The predicted octanol–water partition coefficient (Wildman–Crippen LogP) is 4.81. The molecular weight excluding hydrogens is 521 g/mol. The number of nitrogens with zero attached hydrogens (tertiary/aromatic N) is 1. The number of hydrogen-bond donors (Lipinski definition) is 1. The van der Waals surface area contributed by atoms with Crippen molar-refractivity contribution in [3.63, 3.8) is 0 Å². The SMILES string of the molecule is CC[S+](C)(=O)c1ccc(Cl)cc1Cn1c(=O)[nH]c2cc(CBr)c(C(F)(F)F)cc2c1=O. The molecule has 3 rings (SSSR count). The maximum absolute atomic E-state index is 13.4. The summed E-state index contributed by atoms with van der Waals surface area (Å²) in [7, 11) is -2.46. The Kier molecular flexibility index (Phi) is 6.55. The monoisotopic (exact) mass is 537 g/mol. The van der Waals surface area contributed by atoms with E-state index >= 15 is 0 Å². The lowest BCUT2D eigenvalue weighted by molar-refractivity contribution is -0.138. The summed E-state index contributed by atoms with van der Waals surface area (Å²) < 4.78 is 54.1. The third kappa shape index (κ3) is 4.65. The molecular formula is C20H18BrClF3N2O3S+. The van der Waals surface area contributed by atoms with Crippen molar-refractivity contribution in [3.8, 4) is 0 Å². The van der Waals surface area contributed by atoms with Gasteiger partial charge in [-0.05, 0) is 42.8 Å². The van der Waals surface area contributed by atoms with Crippen LogP contribution in [0, 0.1) is 0 Å². The summed E-state index contributed by atoms with van der Waals surface area (Å²) in [4.78, 5) is 28.5. The van der Waals surface area contributed by atoms with Crippen LogP contribution < -0.4 is 11.2 Å². The van der Waals surface area contributed by atoms with Gasteiger partial charge in [-0.2, -0.15) is 13.2 Å². The van der Waals surface area contributed by atoms with Crippen LogP contribution >= 0.6 is 27.5 Å². The number of halogens is 5. The van der Waals surface area contributed by atoms with E-state index in [9.17, 15) is 27.0 Å². The minimum Gasteiger partial charge on any atom is -0.307 e. The fraction of sp³-hybridized carbons (Fsp3) is 0.300. The summed E-state index contributed by atoms with van der Waals surface area (Å²) in [6.45, 7) is 1.46. The summed E-state index contributed by atoms with van der Waals surface area (Å²) in [6.07, 6.45) is -3.11. The van der Waals surface area contributed by atoms with Gasteiger partial charge < -0.3 is 4.98 Å². The van der Waals surface area contributed by atoms with E-state index in [2.05, 4.69) is 20.9 Å². The van der Waals surface area contributed by atoms with Gasteiger partial charge in [0.1, 0.15) is 21.9 Å². The molecule has 3 aromatic rings. The minimum atomic E-state index is -4.67. The van der Waals surface area contributed by atoms with Gasteiger partial charge in [-0.3, -0.25) is 9.36 Å². The zero-order valence-corrected chi connectivity index (χ0v) is 19.6. The molecule has 11 heteroatoms. The Morgan fingerprint density at radius 2 is 1.84 bits per heavy atom. The number of aromatic nitrogens is 2. The molecule has 0 spiro atoms. The van der Waals surface area contributed by atoms with Crippen molar-refractivity contribution in [2.24, 2.45) is 0 Å². The average Bonchev–Trinajstić information content (AvgIpc) is 2.69. The summed E-state index contributed by atoms with van der Waals surface area (Å²) >= 11 is 9.07. The summed E-state index contributed by atoms with van der Waals surface area (Å²) in [5.41, 5.74) is -2.33. The largest absolute Gasteiger partial charge is 0.416 e. The third-order valence-corrected chi connectivity index (χ3v) is 8.29. The quantitative estimate of drug-likeness (QED) is 0.374. The van der Waals surface area contributed by atoms with Gasteiger partial charge in [-0.25, -0.2) is 4.79 Å². The second-order valence-electron chi connectivity index (χ2n) is 7.05. The Morgan fingerprint density at radius 1 is 1.16 bits per heavy atom. The summed E-state index contributed by atoms with van der Waals surface area (Å²) in [5.74, 6) is 0.328. The molecule has 0 fully saturated rings. The van der Waals surface area contributed by atoms with Crippen molar-refractivity contribution in [3.05, 3.63) is 72.9 Å². The van der Waals surface area contributed by atoms with Crippen molar-refractivity contribution in [1.29, 1.82) is 0 Å². The van der Waals surface area contributed by atoms with Gasteiger partial charge in [0.05, 0.1) is 23.0 Å². The van der Waals surface area contributed by atoms with Crippen LogP contribution in [0.1, 0.15) is 23.6 Å². The normalized spacial score (nSPS) is 14.0.